The Morgan fingerprint density at radius 2 is 2.27 bits per heavy atom. The zero-order chi connectivity index (χ0) is 10.4. The Hall–Kier alpha value is -0.310. The van der Waals surface area contributed by atoms with Crippen LogP contribution in [0.2, 0.25) is 0 Å². The van der Waals surface area contributed by atoms with Crippen molar-refractivity contribution >= 4 is 22.7 Å². The number of amides is 1. The average Bonchev–Trinajstić information content (AvgIpc) is 2.84. The van der Waals surface area contributed by atoms with Crippen LogP contribution >= 0.6 is 11.8 Å². The van der Waals surface area contributed by atoms with Gasteiger partial charge in [-0.05, 0) is 50.4 Å². The third-order valence-electron chi connectivity index (χ3n) is 4.22. The summed E-state index contributed by atoms with van der Waals surface area (Å²) in [4.78, 5) is 15.5. The molecule has 15 heavy (non-hydrogen) atoms. The van der Waals surface area contributed by atoms with Crippen molar-refractivity contribution in [1.82, 2.24) is 0 Å². The van der Waals surface area contributed by atoms with Crippen molar-refractivity contribution in [2.45, 2.75) is 44.3 Å². The largest absolute Gasteiger partial charge is 0.271 e. The molecule has 0 spiro atoms. The monoisotopic (exact) mass is 223 g/mol. The Kier molecular flexibility index (Phi) is 2.38. The van der Waals surface area contributed by atoms with Crippen LogP contribution in [0.4, 0.5) is 0 Å². The van der Waals surface area contributed by atoms with Gasteiger partial charge in [0.15, 0.2) is 0 Å². The summed E-state index contributed by atoms with van der Waals surface area (Å²) in [5, 5.41) is 1.20. The zero-order valence-electron chi connectivity index (χ0n) is 9.11. The van der Waals surface area contributed by atoms with Gasteiger partial charge in [0.05, 0.1) is 10.3 Å². The Morgan fingerprint density at radius 1 is 1.40 bits per heavy atom. The standard InChI is InChI=1S/C12H17NOS/c1-7-12(14)13-11(15-7)6-10-5-8-2-3-9(10)4-8/h7-10H,2-6H2,1H3. The third kappa shape index (κ3) is 1.75. The summed E-state index contributed by atoms with van der Waals surface area (Å²) in [7, 11) is 0. The van der Waals surface area contributed by atoms with Crippen molar-refractivity contribution in [3.8, 4) is 0 Å². The van der Waals surface area contributed by atoms with E-state index < -0.39 is 0 Å². The maximum Gasteiger partial charge on any atom is 0.259 e. The van der Waals surface area contributed by atoms with E-state index in [0.717, 1.165) is 29.2 Å². The van der Waals surface area contributed by atoms with Crippen LogP contribution in [0.5, 0.6) is 0 Å². The SMILES string of the molecule is CC1SC(CC2CC3CCC2C3)=NC1=O. The molecule has 0 aromatic carbocycles. The molecule has 2 fully saturated rings. The predicted octanol–water partition coefficient (Wildman–Crippen LogP) is 2.87. The predicted molar refractivity (Wildman–Crippen MR) is 63.1 cm³/mol. The molecule has 0 aromatic rings. The minimum atomic E-state index is 0.0816. The van der Waals surface area contributed by atoms with Gasteiger partial charge in [-0.1, -0.05) is 18.2 Å². The van der Waals surface area contributed by atoms with E-state index in [1.165, 1.54) is 25.7 Å². The molecule has 4 atom stereocenters. The van der Waals surface area contributed by atoms with Crippen molar-refractivity contribution in [2.24, 2.45) is 22.7 Å². The third-order valence-corrected chi connectivity index (χ3v) is 5.30. The number of fused-ring (bicyclic) bond motifs is 2. The summed E-state index contributed by atoms with van der Waals surface area (Å²) >= 11 is 1.69. The van der Waals surface area contributed by atoms with Crippen molar-refractivity contribution in [1.29, 1.82) is 0 Å². The molecule has 1 heterocycles. The zero-order valence-corrected chi connectivity index (χ0v) is 9.93. The van der Waals surface area contributed by atoms with Crippen LogP contribution in [0.3, 0.4) is 0 Å². The second kappa shape index (κ2) is 3.62. The molecule has 0 radical (unpaired) electrons. The Balaban J connectivity index is 1.63. The average molecular weight is 223 g/mol. The molecule has 0 saturated heterocycles. The topological polar surface area (TPSA) is 29.4 Å². The molecular weight excluding hydrogens is 206 g/mol. The van der Waals surface area contributed by atoms with E-state index in [1.54, 1.807) is 11.8 Å². The van der Waals surface area contributed by atoms with Gasteiger partial charge in [0.2, 0.25) is 0 Å². The molecular formula is C12H17NOS. The highest BCUT2D eigenvalue weighted by Gasteiger charge is 2.40. The van der Waals surface area contributed by atoms with Crippen molar-refractivity contribution in [3.63, 3.8) is 0 Å². The van der Waals surface area contributed by atoms with E-state index in [9.17, 15) is 4.79 Å². The highest BCUT2D eigenvalue weighted by molar-refractivity contribution is 8.15. The molecule has 2 aliphatic carbocycles. The van der Waals surface area contributed by atoms with Gasteiger partial charge >= 0.3 is 0 Å². The second-order valence-electron chi connectivity index (χ2n) is 5.24. The highest BCUT2D eigenvalue weighted by Crippen LogP contribution is 2.50. The Bertz CT molecular complexity index is 326. The first kappa shape index (κ1) is 9.88. The summed E-state index contributed by atoms with van der Waals surface area (Å²) in [6.07, 6.45) is 6.81. The minimum absolute atomic E-state index is 0.0816. The molecule has 3 heteroatoms. The van der Waals surface area contributed by atoms with Crippen molar-refractivity contribution < 1.29 is 4.79 Å². The number of hydrogen-bond acceptors (Lipinski definition) is 2. The van der Waals surface area contributed by atoms with E-state index in [4.69, 9.17) is 0 Å². The normalized spacial score (nSPS) is 43.8. The van der Waals surface area contributed by atoms with Gasteiger partial charge < -0.3 is 0 Å². The van der Waals surface area contributed by atoms with Crippen LogP contribution in [0, 0.1) is 17.8 Å². The minimum Gasteiger partial charge on any atom is -0.271 e. The maximum absolute atomic E-state index is 11.3. The number of rotatable bonds is 2. The number of nitrogens with zero attached hydrogens (tertiary/aromatic N) is 1. The molecule has 2 saturated carbocycles. The van der Waals surface area contributed by atoms with Crippen molar-refractivity contribution in [3.05, 3.63) is 0 Å². The summed E-state index contributed by atoms with van der Waals surface area (Å²) < 4.78 is 0. The van der Waals surface area contributed by atoms with Gasteiger partial charge in [0.25, 0.3) is 5.91 Å². The van der Waals surface area contributed by atoms with E-state index in [1.807, 2.05) is 6.92 Å². The van der Waals surface area contributed by atoms with Gasteiger partial charge in [-0.2, -0.15) is 0 Å². The van der Waals surface area contributed by atoms with Gasteiger partial charge in [-0.15, -0.1) is 0 Å². The molecule has 0 N–H and O–H groups in total. The van der Waals surface area contributed by atoms with Crippen LogP contribution in [0.1, 0.15) is 39.0 Å². The van der Waals surface area contributed by atoms with Crippen molar-refractivity contribution in [2.75, 3.05) is 0 Å². The first-order chi connectivity index (χ1) is 7.22. The lowest BCUT2D eigenvalue weighted by atomic mass is 9.87. The lowest BCUT2D eigenvalue weighted by Gasteiger charge is -2.20. The lowest BCUT2D eigenvalue weighted by molar-refractivity contribution is -0.116. The quantitative estimate of drug-likeness (QED) is 0.720. The number of carbonyl (C=O) groups is 1. The molecule has 3 aliphatic rings. The van der Waals surface area contributed by atoms with E-state index >= 15 is 0 Å². The number of aliphatic imine (C=N–C) groups is 1. The fourth-order valence-corrected chi connectivity index (χ4v) is 4.45. The van der Waals surface area contributed by atoms with Crippen LogP contribution in [0.15, 0.2) is 4.99 Å². The first-order valence-corrected chi connectivity index (χ1v) is 6.88. The molecule has 4 unspecified atom stereocenters. The molecule has 82 valence electrons. The van der Waals surface area contributed by atoms with Crippen LogP contribution in [0.25, 0.3) is 0 Å². The fourth-order valence-electron chi connectivity index (χ4n) is 3.44. The molecule has 1 amide bonds. The van der Waals surface area contributed by atoms with Crippen LogP contribution in [-0.2, 0) is 4.79 Å². The molecule has 2 nitrogen and oxygen atoms in total. The molecule has 1 aliphatic heterocycles. The van der Waals surface area contributed by atoms with Gasteiger partial charge in [0, 0.05) is 0 Å². The molecule has 2 bridgehead atoms. The van der Waals surface area contributed by atoms with Crippen LogP contribution in [-0.4, -0.2) is 16.2 Å². The van der Waals surface area contributed by atoms with Gasteiger partial charge in [-0.25, -0.2) is 4.99 Å². The lowest BCUT2D eigenvalue weighted by Crippen LogP contribution is -2.13. The number of thioether (sulfide) groups is 1. The highest BCUT2D eigenvalue weighted by atomic mass is 32.2. The summed E-state index contributed by atoms with van der Waals surface area (Å²) in [6, 6.07) is 0. The number of carbonyl (C=O) groups excluding carboxylic acids is 1. The van der Waals surface area contributed by atoms with Gasteiger partial charge in [0.1, 0.15) is 0 Å². The van der Waals surface area contributed by atoms with E-state index in [2.05, 4.69) is 4.99 Å². The Morgan fingerprint density at radius 3 is 2.80 bits per heavy atom. The van der Waals surface area contributed by atoms with E-state index in [0.29, 0.717) is 0 Å². The number of hydrogen-bond donors (Lipinski definition) is 0. The van der Waals surface area contributed by atoms with Gasteiger partial charge in [-0.3, -0.25) is 4.79 Å². The summed E-state index contributed by atoms with van der Waals surface area (Å²) in [5.74, 6) is 2.87. The summed E-state index contributed by atoms with van der Waals surface area (Å²) in [6.45, 7) is 1.96. The second-order valence-corrected chi connectivity index (χ2v) is 6.66. The first-order valence-electron chi connectivity index (χ1n) is 6.00. The molecule has 3 rings (SSSR count). The maximum atomic E-state index is 11.3. The summed E-state index contributed by atoms with van der Waals surface area (Å²) in [5.41, 5.74) is 0. The van der Waals surface area contributed by atoms with Crippen LogP contribution < -0.4 is 0 Å². The fraction of sp³-hybridized carbons (Fsp3) is 0.833. The molecule has 0 aromatic heterocycles. The Labute approximate surface area is 94.9 Å². The van der Waals surface area contributed by atoms with E-state index in [-0.39, 0.29) is 11.2 Å². The smallest absolute Gasteiger partial charge is 0.259 e.